The smallest absolute Gasteiger partial charge is 0.305 e. The minimum atomic E-state index is -0.507. The Kier molecular flexibility index (Phi) is 3.98. The molecule has 1 aliphatic heterocycles. The Labute approximate surface area is 92.7 Å². The fourth-order valence-corrected chi connectivity index (χ4v) is 1.47. The first-order valence-electron chi connectivity index (χ1n) is 4.61. The summed E-state index contributed by atoms with van der Waals surface area (Å²) in [4.78, 5) is 22.4. The van der Waals surface area contributed by atoms with E-state index in [2.05, 4.69) is 5.32 Å². The zero-order valence-corrected chi connectivity index (χ0v) is 9.17. The van der Waals surface area contributed by atoms with Gasteiger partial charge in [0, 0.05) is 6.42 Å². The quantitative estimate of drug-likeness (QED) is 0.288. The number of hydrogen-bond acceptors (Lipinski definition) is 5. The Morgan fingerprint density at radius 1 is 1.73 bits per heavy atom. The largest absolute Gasteiger partial charge is 0.466 e. The average molecular weight is 231 g/mol. The summed E-state index contributed by atoms with van der Waals surface area (Å²) >= 11 is 4.78. The van der Waals surface area contributed by atoms with Gasteiger partial charge in [0.1, 0.15) is 6.04 Å². The molecule has 1 saturated heterocycles. The van der Waals surface area contributed by atoms with E-state index in [0.29, 0.717) is 13.0 Å². The number of ether oxygens (including phenoxy) is 1. The Bertz CT molecular complexity index is 295. The highest BCUT2D eigenvalue weighted by Gasteiger charge is 2.33. The van der Waals surface area contributed by atoms with Crippen molar-refractivity contribution in [3.05, 3.63) is 0 Å². The number of rotatable bonds is 4. The van der Waals surface area contributed by atoms with Crippen LogP contribution < -0.4 is 11.2 Å². The minimum absolute atomic E-state index is 0.174. The van der Waals surface area contributed by atoms with Gasteiger partial charge in [0.25, 0.3) is 5.91 Å². The van der Waals surface area contributed by atoms with Crippen LogP contribution in [0.25, 0.3) is 0 Å². The Morgan fingerprint density at radius 2 is 2.40 bits per heavy atom. The number of carbonyl (C=O) groups excluding carboxylic acids is 2. The molecular weight excluding hydrogens is 218 g/mol. The second-order valence-electron chi connectivity index (χ2n) is 3.05. The number of esters is 1. The molecule has 0 radical (unpaired) electrons. The minimum Gasteiger partial charge on any atom is -0.466 e. The maximum atomic E-state index is 11.4. The van der Waals surface area contributed by atoms with Gasteiger partial charge in [-0.05, 0) is 25.6 Å². The van der Waals surface area contributed by atoms with Crippen molar-refractivity contribution in [1.82, 2.24) is 10.3 Å². The first-order chi connectivity index (χ1) is 7.06. The molecule has 0 aromatic rings. The van der Waals surface area contributed by atoms with Crippen molar-refractivity contribution in [1.29, 1.82) is 0 Å². The molecule has 15 heavy (non-hydrogen) atoms. The molecule has 84 valence electrons. The van der Waals surface area contributed by atoms with Gasteiger partial charge >= 0.3 is 5.97 Å². The normalized spacial score (nSPS) is 20.4. The second kappa shape index (κ2) is 5.04. The lowest BCUT2D eigenvalue weighted by Crippen LogP contribution is -2.37. The molecule has 0 spiro atoms. The van der Waals surface area contributed by atoms with Crippen molar-refractivity contribution in [2.45, 2.75) is 25.8 Å². The highest BCUT2D eigenvalue weighted by molar-refractivity contribution is 7.80. The van der Waals surface area contributed by atoms with Gasteiger partial charge in [-0.3, -0.25) is 9.59 Å². The maximum absolute atomic E-state index is 11.4. The predicted molar refractivity (Wildman–Crippen MR) is 56.4 cm³/mol. The van der Waals surface area contributed by atoms with E-state index in [4.69, 9.17) is 22.8 Å². The van der Waals surface area contributed by atoms with E-state index in [-0.39, 0.29) is 23.4 Å². The lowest BCUT2D eigenvalue weighted by Gasteiger charge is -2.07. The highest BCUT2D eigenvalue weighted by Crippen LogP contribution is 2.08. The number of amides is 1. The van der Waals surface area contributed by atoms with Crippen LogP contribution in [0, 0.1) is 0 Å². The molecular formula is C8H13N3O3S. The van der Waals surface area contributed by atoms with Crippen molar-refractivity contribution in [2.75, 3.05) is 6.61 Å². The molecule has 0 saturated carbocycles. The topological polar surface area (TPSA) is 84.7 Å². The van der Waals surface area contributed by atoms with Crippen LogP contribution in [0.2, 0.25) is 0 Å². The molecule has 6 nitrogen and oxygen atoms in total. The van der Waals surface area contributed by atoms with Gasteiger partial charge in [-0.1, -0.05) is 0 Å². The summed E-state index contributed by atoms with van der Waals surface area (Å²) in [6.45, 7) is 2.07. The first-order valence-corrected chi connectivity index (χ1v) is 5.02. The number of nitrogens with one attached hydrogen (secondary N) is 1. The van der Waals surface area contributed by atoms with Gasteiger partial charge in [0.15, 0.2) is 5.11 Å². The van der Waals surface area contributed by atoms with E-state index in [0.717, 1.165) is 5.01 Å². The average Bonchev–Trinajstić information content (AvgIpc) is 2.43. The molecule has 1 fully saturated rings. The summed E-state index contributed by atoms with van der Waals surface area (Å²) < 4.78 is 4.73. The van der Waals surface area contributed by atoms with Gasteiger partial charge in [-0.15, -0.1) is 0 Å². The summed E-state index contributed by atoms with van der Waals surface area (Å²) in [5, 5.41) is 3.79. The fourth-order valence-electron chi connectivity index (χ4n) is 1.24. The van der Waals surface area contributed by atoms with Gasteiger partial charge in [0.05, 0.1) is 6.61 Å². The number of nitrogens with zero attached hydrogens (tertiary/aromatic N) is 1. The monoisotopic (exact) mass is 231 g/mol. The van der Waals surface area contributed by atoms with Crippen LogP contribution in [0.5, 0.6) is 0 Å². The van der Waals surface area contributed by atoms with E-state index < -0.39 is 6.04 Å². The molecule has 1 rings (SSSR count). The molecule has 1 heterocycles. The molecule has 0 aromatic heterocycles. The Hall–Kier alpha value is -1.21. The first kappa shape index (κ1) is 11.9. The molecule has 1 aliphatic rings. The second-order valence-corrected chi connectivity index (χ2v) is 3.44. The molecule has 1 atom stereocenters. The number of carbonyl (C=O) groups is 2. The number of thiocarbonyl (C=S) groups is 1. The van der Waals surface area contributed by atoms with E-state index in [1.807, 2.05) is 0 Å². The lowest BCUT2D eigenvalue weighted by atomic mass is 10.1. The number of hydrogen-bond donors (Lipinski definition) is 2. The summed E-state index contributed by atoms with van der Waals surface area (Å²) in [5.41, 5.74) is 0. The SMILES string of the molecule is CCOC(=O)CCC1NC(=S)N(N)C1=O. The van der Waals surface area contributed by atoms with E-state index >= 15 is 0 Å². The summed E-state index contributed by atoms with van der Waals surface area (Å²) in [6, 6.07) is -0.507. The van der Waals surface area contributed by atoms with Crippen LogP contribution in [-0.2, 0) is 14.3 Å². The molecule has 7 heteroatoms. The van der Waals surface area contributed by atoms with Crippen LogP contribution in [-0.4, -0.2) is 34.6 Å². The summed E-state index contributed by atoms with van der Waals surface area (Å²) in [5.74, 6) is 4.70. The highest BCUT2D eigenvalue weighted by atomic mass is 32.1. The van der Waals surface area contributed by atoms with Gasteiger partial charge in [-0.2, -0.15) is 0 Å². The molecule has 1 unspecified atom stereocenters. The van der Waals surface area contributed by atoms with Gasteiger partial charge in [-0.25, -0.2) is 10.9 Å². The zero-order chi connectivity index (χ0) is 11.4. The van der Waals surface area contributed by atoms with Crippen LogP contribution in [0.3, 0.4) is 0 Å². The lowest BCUT2D eigenvalue weighted by molar-refractivity contribution is -0.143. The maximum Gasteiger partial charge on any atom is 0.305 e. The van der Waals surface area contributed by atoms with Crippen molar-refractivity contribution < 1.29 is 14.3 Å². The van der Waals surface area contributed by atoms with Crippen LogP contribution in [0.4, 0.5) is 0 Å². The van der Waals surface area contributed by atoms with E-state index in [9.17, 15) is 9.59 Å². The van der Waals surface area contributed by atoms with Gasteiger partial charge < -0.3 is 10.1 Å². The third-order valence-corrected chi connectivity index (χ3v) is 2.31. The van der Waals surface area contributed by atoms with Crippen molar-refractivity contribution in [3.63, 3.8) is 0 Å². The Morgan fingerprint density at radius 3 is 2.87 bits per heavy atom. The van der Waals surface area contributed by atoms with Crippen LogP contribution in [0.15, 0.2) is 0 Å². The third-order valence-electron chi connectivity index (χ3n) is 1.99. The standard InChI is InChI=1S/C8H13N3O3S/c1-2-14-6(12)4-3-5-7(13)11(9)8(15)10-5/h5H,2-4,9H2,1H3,(H,10,15). The van der Waals surface area contributed by atoms with Crippen molar-refractivity contribution in [2.24, 2.45) is 5.84 Å². The molecule has 0 bridgehead atoms. The van der Waals surface area contributed by atoms with Gasteiger partial charge in [0.2, 0.25) is 0 Å². The van der Waals surface area contributed by atoms with Crippen molar-refractivity contribution in [3.8, 4) is 0 Å². The summed E-state index contributed by atoms with van der Waals surface area (Å²) in [6.07, 6.45) is 0.513. The number of hydrazine groups is 1. The fraction of sp³-hybridized carbons (Fsp3) is 0.625. The Balaban J connectivity index is 2.37. The summed E-state index contributed by atoms with van der Waals surface area (Å²) in [7, 11) is 0. The molecule has 0 aromatic carbocycles. The molecule has 0 aliphatic carbocycles. The number of nitrogens with two attached hydrogens (primary N) is 1. The molecule has 3 N–H and O–H groups in total. The third kappa shape index (κ3) is 2.87. The molecule has 1 amide bonds. The predicted octanol–water partition coefficient (Wildman–Crippen LogP) is -0.711. The zero-order valence-electron chi connectivity index (χ0n) is 8.36. The van der Waals surface area contributed by atoms with E-state index in [1.165, 1.54) is 0 Å². The van der Waals surface area contributed by atoms with Crippen molar-refractivity contribution >= 4 is 29.2 Å². The van der Waals surface area contributed by atoms with Crippen LogP contribution in [0.1, 0.15) is 19.8 Å². The van der Waals surface area contributed by atoms with E-state index in [1.54, 1.807) is 6.92 Å². The van der Waals surface area contributed by atoms with Crippen LogP contribution >= 0.6 is 12.2 Å².